The second-order valence-corrected chi connectivity index (χ2v) is 7.76. The van der Waals surface area contributed by atoms with E-state index in [4.69, 9.17) is 23.2 Å². The van der Waals surface area contributed by atoms with Crippen LogP contribution in [-0.4, -0.2) is 28.1 Å². The third-order valence-electron chi connectivity index (χ3n) is 3.32. The molecule has 0 amide bonds. The van der Waals surface area contributed by atoms with Gasteiger partial charge in [0, 0.05) is 16.6 Å². The van der Waals surface area contributed by atoms with E-state index in [0.29, 0.717) is 28.1 Å². The average Bonchev–Trinajstić information content (AvgIpc) is 2.79. The average molecular weight is 337 g/mol. The second-order valence-electron chi connectivity index (χ2n) is 5.08. The van der Waals surface area contributed by atoms with Crippen molar-refractivity contribution in [2.24, 2.45) is 5.92 Å². The Morgan fingerprint density at radius 2 is 1.95 bits per heavy atom. The zero-order valence-corrected chi connectivity index (χ0v) is 13.4. The number of halogens is 2. The number of hydrogen-bond acceptors (Lipinski definition) is 3. The van der Waals surface area contributed by atoms with Gasteiger partial charge in [0.25, 0.3) is 0 Å². The number of sulfonamides is 1. The molecule has 1 heterocycles. The number of rotatable bonds is 6. The molecule has 7 heteroatoms. The zero-order chi connectivity index (χ0) is 14.6. The van der Waals surface area contributed by atoms with Crippen LogP contribution in [-0.2, 0) is 15.8 Å². The monoisotopic (exact) mass is 336 g/mol. The van der Waals surface area contributed by atoms with Gasteiger partial charge in [0.05, 0.1) is 5.75 Å². The molecule has 0 saturated carbocycles. The van der Waals surface area contributed by atoms with Crippen LogP contribution in [0.3, 0.4) is 0 Å². The molecule has 0 spiro atoms. The van der Waals surface area contributed by atoms with E-state index in [9.17, 15) is 8.42 Å². The molecule has 0 radical (unpaired) electrons. The van der Waals surface area contributed by atoms with Crippen molar-refractivity contribution in [3.8, 4) is 0 Å². The lowest BCUT2D eigenvalue weighted by Gasteiger charge is -2.10. The van der Waals surface area contributed by atoms with Crippen molar-refractivity contribution in [2.45, 2.75) is 18.6 Å². The van der Waals surface area contributed by atoms with Crippen molar-refractivity contribution in [2.75, 3.05) is 19.6 Å². The molecule has 1 atom stereocenters. The first-order chi connectivity index (χ1) is 9.44. The smallest absolute Gasteiger partial charge is 0.215 e. The highest BCUT2D eigenvalue weighted by atomic mass is 35.5. The van der Waals surface area contributed by atoms with E-state index in [1.807, 2.05) is 0 Å². The summed E-state index contributed by atoms with van der Waals surface area (Å²) in [4.78, 5) is 0. The molecular weight excluding hydrogens is 319 g/mol. The minimum absolute atomic E-state index is 0.101. The molecule has 112 valence electrons. The molecule has 1 aliphatic heterocycles. The van der Waals surface area contributed by atoms with Crippen molar-refractivity contribution < 1.29 is 8.42 Å². The quantitative estimate of drug-likeness (QED) is 0.838. The van der Waals surface area contributed by atoms with Crippen LogP contribution in [0.2, 0.25) is 10.0 Å². The lowest BCUT2D eigenvalue weighted by molar-refractivity contribution is 0.519. The Bertz CT molecular complexity index is 537. The fourth-order valence-electron chi connectivity index (χ4n) is 2.34. The fourth-order valence-corrected chi connectivity index (χ4v) is 4.05. The summed E-state index contributed by atoms with van der Waals surface area (Å²) < 4.78 is 26.6. The van der Waals surface area contributed by atoms with Crippen LogP contribution in [0.15, 0.2) is 18.2 Å². The molecule has 1 aliphatic rings. The van der Waals surface area contributed by atoms with Gasteiger partial charge in [-0.15, -0.1) is 0 Å². The Labute approximate surface area is 129 Å². The third kappa shape index (κ3) is 5.22. The standard InChI is InChI=1S/C13H18Cl2N2O2S/c14-12-5-11(6-13(15)7-12)9-20(18,19)17-4-2-10-1-3-16-8-10/h5-7,10,16-17H,1-4,8-9H2. The highest BCUT2D eigenvalue weighted by Gasteiger charge is 2.16. The van der Waals surface area contributed by atoms with Gasteiger partial charge in [-0.05, 0) is 55.6 Å². The van der Waals surface area contributed by atoms with Gasteiger partial charge in [-0.1, -0.05) is 23.2 Å². The first-order valence-corrected chi connectivity index (χ1v) is 8.98. The van der Waals surface area contributed by atoms with Gasteiger partial charge in [-0.25, -0.2) is 13.1 Å². The van der Waals surface area contributed by atoms with Crippen molar-refractivity contribution in [3.05, 3.63) is 33.8 Å². The second kappa shape index (κ2) is 7.09. The summed E-state index contributed by atoms with van der Waals surface area (Å²) in [6.45, 7) is 2.48. The Hall–Kier alpha value is -0.330. The topological polar surface area (TPSA) is 58.2 Å². The van der Waals surface area contributed by atoms with Gasteiger partial charge in [0.2, 0.25) is 10.0 Å². The SMILES string of the molecule is O=S(=O)(Cc1cc(Cl)cc(Cl)c1)NCCC1CCNC1. The maximum atomic E-state index is 12.0. The molecule has 0 aromatic heterocycles. The van der Waals surface area contributed by atoms with Gasteiger partial charge < -0.3 is 5.32 Å². The summed E-state index contributed by atoms with van der Waals surface area (Å²) in [6, 6.07) is 4.82. The third-order valence-corrected chi connectivity index (χ3v) is 5.11. The Morgan fingerprint density at radius 1 is 1.25 bits per heavy atom. The van der Waals surface area contributed by atoms with Crippen molar-refractivity contribution in [3.63, 3.8) is 0 Å². The van der Waals surface area contributed by atoms with Gasteiger partial charge in [0.1, 0.15) is 0 Å². The van der Waals surface area contributed by atoms with Crippen LogP contribution in [0.25, 0.3) is 0 Å². The van der Waals surface area contributed by atoms with E-state index >= 15 is 0 Å². The van der Waals surface area contributed by atoms with Gasteiger partial charge >= 0.3 is 0 Å². The van der Waals surface area contributed by atoms with Crippen LogP contribution in [0.5, 0.6) is 0 Å². The Morgan fingerprint density at radius 3 is 2.55 bits per heavy atom. The Kier molecular flexibility index (Phi) is 5.69. The molecule has 0 bridgehead atoms. The van der Waals surface area contributed by atoms with Crippen LogP contribution < -0.4 is 10.0 Å². The molecular formula is C13H18Cl2N2O2S. The maximum Gasteiger partial charge on any atom is 0.215 e. The normalized spacial score (nSPS) is 19.4. The summed E-state index contributed by atoms with van der Waals surface area (Å²) >= 11 is 11.7. The van der Waals surface area contributed by atoms with Crippen molar-refractivity contribution >= 4 is 33.2 Å². The molecule has 1 unspecified atom stereocenters. The minimum Gasteiger partial charge on any atom is -0.316 e. The Balaban J connectivity index is 1.86. The highest BCUT2D eigenvalue weighted by molar-refractivity contribution is 7.88. The van der Waals surface area contributed by atoms with Crippen LogP contribution in [0.4, 0.5) is 0 Å². The molecule has 4 nitrogen and oxygen atoms in total. The summed E-state index contributed by atoms with van der Waals surface area (Å²) in [6.07, 6.45) is 1.98. The fraction of sp³-hybridized carbons (Fsp3) is 0.538. The minimum atomic E-state index is -3.35. The predicted octanol–water partition coefficient (Wildman–Crippen LogP) is 2.41. The van der Waals surface area contributed by atoms with Crippen molar-refractivity contribution in [1.29, 1.82) is 0 Å². The molecule has 2 N–H and O–H groups in total. The van der Waals surface area contributed by atoms with Crippen LogP contribution >= 0.6 is 23.2 Å². The van der Waals surface area contributed by atoms with Crippen LogP contribution in [0.1, 0.15) is 18.4 Å². The van der Waals surface area contributed by atoms with Gasteiger partial charge in [0.15, 0.2) is 0 Å². The first-order valence-electron chi connectivity index (χ1n) is 6.58. The molecule has 0 aliphatic carbocycles. The number of benzene rings is 1. The number of nitrogens with one attached hydrogen (secondary N) is 2. The predicted molar refractivity (Wildman–Crippen MR) is 82.7 cm³/mol. The van der Waals surface area contributed by atoms with Crippen molar-refractivity contribution in [1.82, 2.24) is 10.0 Å². The van der Waals surface area contributed by atoms with Crippen LogP contribution in [0, 0.1) is 5.92 Å². The van der Waals surface area contributed by atoms with E-state index in [2.05, 4.69) is 10.0 Å². The summed E-state index contributed by atoms with van der Waals surface area (Å²) in [7, 11) is -3.35. The summed E-state index contributed by atoms with van der Waals surface area (Å²) in [5.41, 5.74) is 0.595. The van der Waals surface area contributed by atoms with E-state index in [1.54, 1.807) is 18.2 Å². The molecule has 1 saturated heterocycles. The van der Waals surface area contributed by atoms with E-state index in [-0.39, 0.29) is 5.75 Å². The number of hydrogen-bond donors (Lipinski definition) is 2. The van der Waals surface area contributed by atoms with E-state index in [0.717, 1.165) is 25.9 Å². The largest absolute Gasteiger partial charge is 0.316 e. The first kappa shape index (κ1) is 16.0. The maximum absolute atomic E-state index is 12.0. The van der Waals surface area contributed by atoms with E-state index < -0.39 is 10.0 Å². The van der Waals surface area contributed by atoms with Gasteiger partial charge in [-0.3, -0.25) is 0 Å². The molecule has 20 heavy (non-hydrogen) atoms. The zero-order valence-electron chi connectivity index (χ0n) is 11.0. The molecule has 1 aromatic rings. The molecule has 2 rings (SSSR count). The summed E-state index contributed by atoms with van der Waals surface area (Å²) in [5.74, 6) is 0.467. The molecule has 1 aromatic carbocycles. The summed E-state index contributed by atoms with van der Waals surface area (Å²) in [5, 5.41) is 4.15. The molecule has 1 fully saturated rings. The van der Waals surface area contributed by atoms with E-state index in [1.165, 1.54) is 0 Å². The lowest BCUT2D eigenvalue weighted by Crippen LogP contribution is -2.27. The highest BCUT2D eigenvalue weighted by Crippen LogP contribution is 2.20. The lowest BCUT2D eigenvalue weighted by atomic mass is 10.1. The van der Waals surface area contributed by atoms with Gasteiger partial charge in [-0.2, -0.15) is 0 Å².